The number of anilines is 1. The van der Waals surface area contributed by atoms with Crippen LogP contribution in [0.15, 0.2) is 5.38 Å². The van der Waals surface area contributed by atoms with E-state index in [1.54, 1.807) is 5.38 Å². The third kappa shape index (κ3) is 4.82. The van der Waals surface area contributed by atoms with Gasteiger partial charge in [-0.1, -0.05) is 0 Å². The number of rotatable bonds is 9. The van der Waals surface area contributed by atoms with E-state index < -0.39 is 11.7 Å². The molecule has 109 valence electrons. The molecule has 1 radical (unpaired) electrons. The summed E-state index contributed by atoms with van der Waals surface area (Å²) in [5.41, 5.74) is 5.79. The lowest BCUT2D eigenvalue weighted by Crippen LogP contribution is -2.22. The second kappa shape index (κ2) is 7.86. The maximum Gasteiger partial charge on any atom is 0.180 e. The zero-order valence-electron chi connectivity index (χ0n) is 11.3. The number of nitrogens with two attached hydrogens (primary N) is 1. The Balaban J connectivity index is 2.66. The molecule has 0 saturated carbocycles. The second-order valence-corrected chi connectivity index (χ2v) is 5.39. The summed E-state index contributed by atoms with van der Waals surface area (Å²) in [5, 5.41) is 12.1. The minimum atomic E-state index is -1.02. The number of thiazole rings is 1. The number of hydrogen-bond donors (Lipinski definition) is 1. The molecule has 0 aromatic carbocycles. The maximum atomic E-state index is 12.1. The average molecular weight is 297 g/mol. The van der Waals surface area contributed by atoms with Crippen LogP contribution in [0, 0.1) is 0 Å². The summed E-state index contributed by atoms with van der Waals surface area (Å²) in [6, 6.07) is 0. The molecule has 0 aliphatic carbocycles. The molecule has 1 aromatic heterocycles. The number of Topliss-reactive ketones (excluding diaryl/α,β-unsaturated/α-hetero) is 3. The summed E-state index contributed by atoms with van der Waals surface area (Å²) in [7, 11) is 0. The van der Waals surface area contributed by atoms with E-state index in [9.17, 15) is 19.5 Å². The molecular weight excluding hydrogens is 280 g/mol. The molecule has 1 rings (SSSR count). The Morgan fingerprint density at radius 1 is 1.35 bits per heavy atom. The van der Waals surface area contributed by atoms with Gasteiger partial charge in [0.2, 0.25) is 0 Å². The summed E-state index contributed by atoms with van der Waals surface area (Å²) in [6.07, 6.45) is 0.779. The van der Waals surface area contributed by atoms with Crippen LogP contribution < -0.4 is 5.73 Å². The number of carbonyl (C=O) groups excluding carboxylic acids is 3. The Kier molecular flexibility index (Phi) is 6.47. The van der Waals surface area contributed by atoms with Crippen molar-refractivity contribution in [3.05, 3.63) is 11.1 Å². The fraction of sp³-hybridized carbons (Fsp3) is 0.538. The van der Waals surface area contributed by atoms with E-state index in [4.69, 9.17) is 5.73 Å². The van der Waals surface area contributed by atoms with Crippen LogP contribution in [0.4, 0.5) is 5.13 Å². The Morgan fingerprint density at radius 3 is 2.55 bits per heavy atom. The van der Waals surface area contributed by atoms with Crippen molar-refractivity contribution < 1.29 is 19.5 Å². The summed E-state index contributed by atoms with van der Waals surface area (Å²) >= 11 is 1.15. The monoisotopic (exact) mass is 297 g/mol. The standard InChI is InChI=1S/C13H17N2O4S/c1-8(17)12(10-7-20-13(14)15-10)11(19)6-9(18)4-2-3-5-16/h7,12H,2-6H2,1H3,(H2,14,15). The van der Waals surface area contributed by atoms with Crippen molar-refractivity contribution in [3.8, 4) is 0 Å². The SMILES string of the molecule is CC(=O)C(C(=O)CC(=O)CCCC[O])c1csc(N)n1. The number of hydrogen-bond acceptors (Lipinski definition) is 6. The highest BCUT2D eigenvalue weighted by Crippen LogP contribution is 2.23. The van der Waals surface area contributed by atoms with Gasteiger partial charge in [-0.15, -0.1) is 11.3 Å². The van der Waals surface area contributed by atoms with Gasteiger partial charge in [0.25, 0.3) is 0 Å². The van der Waals surface area contributed by atoms with Crippen LogP contribution in [-0.2, 0) is 19.5 Å². The molecule has 1 unspecified atom stereocenters. The Morgan fingerprint density at radius 2 is 2.05 bits per heavy atom. The lowest BCUT2D eigenvalue weighted by molar-refractivity contribution is -0.131. The van der Waals surface area contributed by atoms with Gasteiger partial charge in [0.1, 0.15) is 17.5 Å². The maximum absolute atomic E-state index is 12.1. The summed E-state index contributed by atoms with van der Waals surface area (Å²) in [4.78, 5) is 39.2. The van der Waals surface area contributed by atoms with Gasteiger partial charge in [-0.05, 0) is 19.8 Å². The van der Waals surface area contributed by atoms with Crippen LogP contribution >= 0.6 is 11.3 Å². The highest BCUT2D eigenvalue weighted by molar-refractivity contribution is 7.13. The van der Waals surface area contributed by atoms with Gasteiger partial charge in [-0.25, -0.2) is 10.1 Å². The summed E-state index contributed by atoms with van der Waals surface area (Å²) in [5.74, 6) is -2.09. The Hall–Kier alpha value is -1.60. The first kappa shape index (κ1) is 16.5. The predicted octanol–water partition coefficient (Wildman–Crippen LogP) is 1.53. The molecule has 0 aliphatic heterocycles. The van der Waals surface area contributed by atoms with E-state index in [1.165, 1.54) is 6.92 Å². The van der Waals surface area contributed by atoms with Gasteiger partial charge in [0.05, 0.1) is 18.7 Å². The van der Waals surface area contributed by atoms with Crippen molar-refractivity contribution in [3.63, 3.8) is 0 Å². The number of carbonyl (C=O) groups is 3. The van der Waals surface area contributed by atoms with Crippen molar-refractivity contribution in [1.82, 2.24) is 4.98 Å². The topological polar surface area (TPSA) is 110 Å². The van der Waals surface area contributed by atoms with Gasteiger partial charge in [0.15, 0.2) is 10.9 Å². The van der Waals surface area contributed by atoms with Crippen LogP contribution in [0.3, 0.4) is 0 Å². The highest BCUT2D eigenvalue weighted by Gasteiger charge is 2.28. The number of nitrogen functional groups attached to an aromatic ring is 1. The Bertz CT molecular complexity index is 498. The van der Waals surface area contributed by atoms with Crippen molar-refractivity contribution in [2.75, 3.05) is 12.3 Å². The minimum Gasteiger partial charge on any atom is -0.375 e. The largest absolute Gasteiger partial charge is 0.375 e. The number of aromatic nitrogens is 1. The molecular formula is C13H17N2O4S. The minimum absolute atomic E-state index is 0.192. The van der Waals surface area contributed by atoms with Crippen LogP contribution in [0.1, 0.15) is 44.2 Å². The molecule has 1 aromatic rings. The average Bonchev–Trinajstić information content (AvgIpc) is 2.75. The van der Waals surface area contributed by atoms with Crippen LogP contribution in [0.5, 0.6) is 0 Å². The normalized spacial score (nSPS) is 12.1. The van der Waals surface area contributed by atoms with E-state index in [0.29, 0.717) is 18.5 Å². The van der Waals surface area contributed by atoms with Crippen molar-refractivity contribution in [2.45, 2.75) is 38.5 Å². The Labute approximate surface area is 121 Å². The quantitative estimate of drug-likeness (QED) is 0.549. The van der Waals surface area contributed by atoms with Gasteiger partial charge in [-0.3, -0.25) is 14.4 Å². The zero-order chi connectivity index (χ0) is 15.1. The molecule has 6 nitrogen and oxygen atoms in total. The van der Waals surface area contributed by atoms with E-state index in [-0.39, 0.29) is 36.1 Å². The first-order valence-corrected chi connectivity index (χ1v) is 7.17. The molecule has 1 atom stereocenters. The molecule has 1 heterocycles. The van der Waals surface area contributed by atoms with Crippen molar-refractivity contribution >= 4 is 33.8 Å². The molecule has 2 N–H and O–H groups in total. The molecule has 0 fully saturated rings. The first-order valence-electron chi connectivity index (χ1n) is 6.29. The van der Waals surface area contributed by atoms with Crippen LogP contribution in [0.25, 0.3) is 0 Å². The third-order valence-electron chi connectivity index (χ3n) is 2.79. The van der Waals surface area contributed by atoms with E-state index in [1.807, 2.05) is 0 Å². The molecule has 0 amide bonds. The zero-order valence-corrected chi connectivity index (χ0v) is 12.1. The van der Waals surface area contributed by atoms with Crippen LogP contribution in [0.2, 0.25) is 0 Å². The first-order chi connectivity index (χ1) is 9.45. The number of unbranched alkanes of at least 4 members (excludes halogenated alkanes) is 1. The fourth-order valence-electron chi connectivity index (χ4n) is 1.84. The number of nitrogens with zero attached hydrogens (tertiary/aromatic N) is 1. The lowest BCUT2D eigenvalue weighted by atomic mass is 9.92. The lowest BCUT2D eigenvalue weighted by Gasteiger charge is -2.09. The van der Waals surface area contributed by atoms with Gasteiger partial charge in [-0.2, -0.15) is 0 Å². The van der Waals surface area contributed by atoms with Gasteiger partial charge < -0.3 is 5.73 Å². The van der Waals surface area contributed by atoms with Crippen molar-refractivity contribution in [2.24, 2.45) is 0 Å². The molecule has 0 saturated heterocycles. The van der Waals surface area contributed by atoms with Gasteiger partial charge >= 0.3 is 0 Å². The predicted molar refractivity (Wildman–Crippen MR) is 74.0 cm³/mol. The van der Waals surface area contributed by atoms with E-state index in [0.717, 1.165) is 11.3 Å². The molecule has 7 heteroatoms. The van der Waals surface area contributed by atoms with Gasteiger partial charge in [0, 0.05) is 11.8 Å². The fourth-order valence-corrected chi connectivity index (χ4v) is 2.43. The van der Waals surface area contributed by atoms with Crippen molar-refractivity contribution in [1.29, 1.82) is 0 Å². The number of ketones is 3. The summed E-state index contributed by atoms with van der Waals surface area (Å²) < 4.78 is 0. The molecule has 0 bridgehead atoms. The molecule has 0 spiro atoms. The highest BCUT2D eigenvalue weighted by atomic mass is 32.1. The smallest absolute Gasteiger partial charge is 0.180 e. The summed E-state index contributed by atoms with van der Waals surface area (Å²) in [6.45, 7) is 1.06. The molecule has 20 heavy (non-hydrogen) atoms. The third-order valence-corrected chi connectivity index (χ3v) is 3.48. The van der Waals surface area contributed by atoms with E-state index >= 15 is 0 Å². The second-order valence-electron chi connectivity index (χ2n) is 4.50. The van der Waals surface area contributed by atoms with E-state index in [2.05, 4.69) is 4.98 Å². The molecule has 0 aliphatic rings. The van der Waals surface area contributed by atoms with Crippen LogP contribution in [-0.4, -0.2) is 28.9 Å².